The topological polar surface area (TPSA) is 40.6 Å². The van der Waals surface area contributed by atoms with E-state index in [2.05, 4.69) is 13.0 Å². The van der Waals surface area contributed by atoms with Gasteiger partial charge in [0.25, 0.3) is 11.8 Å². The van der Waals surface area contributed by atoms with Crippen LogP contribution in [-0.2, 0) is 16.0 Å². The van der Waals surface area contributed by atoms with E-state index in [4.69, 9.17) is 0 Å². The average Bonchev–Trinajstić information content (AvgIpc) is 3.01. The summed E-state index contributed by atoms with van der Waals surface area (Å²) in [5.74, 6) is -0.883. The van der Waals surface area contributed by atoms with Crippen LogP contribution < -0.4 is 4.90 Å². The second-order valence-electron chi connectivity index (χ2n) is 7.94. The SMILES string of the molecule is CCCCCCN1C(=O)C(c2ccc(F)cc2)=C(N2CCCc3ccccc32)C1=O. The number of carbonyl (C=O) groups is 2. The molecule has 5 heteroatoms. The molecule has 0 spiro atoms. The summed E-state index contributed by atoms with van der Waals surface area (Å²) in [6.07, 6.45) is 5.83. The smallest absolute Gasteiger partial charge is 0.278 e. The molecule has 0 atom stereocenters. The minimum Gasteiger partial charge on any atom is -0.336 e. The van der Waals surface area contributed by atoms with Gasteiger partial charge < -0.3 is 4.90 Å². The number of imide groups is 1. The quantitative estimate of drug-likeness (QED) is 0.483. The zero-order valence-electron chi connectivity index (χ0n) is 17.4. The summed E-state index contributed by atoms with van der Waals surface area (Å²) in [7, 11) is 0. The van der Waals surface area contributed by atoms with E-state index < -0.39 is 0 Å². The fourth-order valence-corrected chi connectivity index (χ4v) is 4.36. The first-order chi connectivity index (χ1) is 14.6. The number of fused-ring (bicyclic) bond motifs is 1. The first-order valence-electron chi connectivity index (χ1n) is 10.8. The number of halogens is 1. The molecule has 2 aliphatic heterocycles. The maximum atomic E-state index is 13.5. The molecule has 0 aromatic heterocycles. The second-order valence-corrected chi connectivity index (χ2v) is 7.94. The zero-order valence-corrected chi connectivity index (χ0v) is 17.4. The van der Waals surface area contributed by atoms with Gasteiger partial charge >= 0.3 is 0 Å². The van der Waals surface area contributed by atoms with E-state index in [1.807, 2.05) is 23.1 Å². The van der Waals surface area contributed by atoms with Crippen LogP contribution in [0.1, 0.15) is 50.2 Å². The number of carbonyl (C=O) groups excluding carboxylic acids is 2. The molecule has 2 amide bonds. The van der Waals surface area contributed by atoms with Crippen LogP contribution in [0.5, 0.6) is 0 Å². The zero-order chi connectivity index (χ0) is 21.1. The van der Waals surface area contributed by atoms with Crippen molar-refractivity contribution in [2.75, 3.05) is 18.0 Å². The van der Waals surface area contributed by atoms with Crippen molar-refractivity contribution in [1.29, 1.82) is 0 Å². The van der Waals surface area contributed by atoms with E-state index in [1.54, 1.807) is 12.1 Å². The normalized spacial score (nSPS) is 16.5. The largest absolute Gasteiger partial charge is 0.336 e. The number of hydrogen-bond acceptors (Lipinski definition) is 3. The van der Waals surface area contributed by atoms with E-state index >= 15 is 0 Å². The number of rotatable bonds is 7. The standard InChI is InChI=1S/C25H27FN2O2/c1-2-3-4-7-16-28-24(29)22(19-12-14-20(26)15-13-19)23(25(28)30)27-17-8-10-18-9-5-6-11-21(18)27/h5-6,9,11-15H,2-4,7-8,10,16-17H2,1H3. The fourth-order valence-electron chi connectivity index (χ4n) is 4.36. The van der Waals surface area contributed by atoms with Crippen LogP contribution in [0.25, 0.3) is 5.57 Å². The Morgan fingerprint density at radius 3 is 2.47 bits per heavy atom. The number of nitrogens with zero attached hydrogens (tertiary/aromatic N) is 2. The highest BCUT2D eigenvalue weighted by Gasteiger charge is 2.42. The first-order valence-corrected chi connectivity index (χ1v) is 10.8. The Bertz CT molecular complexity index is 981. The van der Waals surface area contributed by atoms with Crippen molar-refractivity contribution in [3.05, 3.63) is 71.2 Å². The number of aryl methyl sites for hydroxylation is 1. The molecule has 0 saturated carbocycles. The van der Waals surface area contributed by atoms with E-state index in [1.165, 1.54) is 22.6 Å². The Morgan fingerprint density at radius 1 is 0.933 bits per heavy atom. The van der Waals surface area contributed by atoms with Gasteiger partial charge in [-0.1, -0.05) is 56.5 Å². The van der Waals surface area contributed by atoms with Gasteiger partial charge in [0.05, 0.1) is 5.57 Å². The van der Waals surface area contributed by atoms with E-state index in [0.717, 1.165) is 44.2 Å². The van der Waals surface area contributed by atoms with Gasteiger partial charge in [0, 0.05) is 18.8 Å². The summed E-state index contributed by atoms with van der Waals surface area (Å²) in [5, 5.41) is 0. The first kappa shape index (κ1) is 20.3. The molecule has 156 valence electrons. The molecular weight excluding hydrogens is 379 g/mol. The number of benzene rings is 2. The van der Waals surface area contributed by atoms with Crippen LogP contribution >= 0.6 is 0 Å². The predicted molar refractivity (Wildman–Crippen MR) is 116 cm³/mol. The second kappa shape index (κ2) is 8.82. The maximum absolute atomic E-state index is 13.5. The summed E-state index contributed by atoms with van der Waals surface area (Å²) < 4.78 is 13.5. The minimum absolute atomic E-state index is 0.243. The van der Waals surface area contributed by atoms with Crippen LogP contribution in [-0.4, -0.2) is 29.8 Å². The maximum Gasteiger partial charge on any atom is 0.278 e. The molecule has 2 aromatic carbocycles. The number of amides is 2. The molecule has 0 unspecified atom stereocenters. The molecule has 0 radical (unpaired) electrons. The number of hydrogen-bond donors (Lipinski definition) is 0. The number of para-hydroxylation sites is 1. The molecular formula is C25H27FN2O2. The van der Waals surface area contributed by atoms with Crippen LogP contribution in [0.4, 0.5) is 10.1 Å². The molecule has 4 nitrogen and oxygen atoms in total. The molecule has 2 aromatic rings. The highest BCUT2D eigenvalue weighted by Crippen LogP contribution is 2.38. The Labute approximate surface area is 177 Å². The molecule has 0 fully saturated rings. The molecule has 2 heterocycles. The number of anilines is 1. The molecule has 0 bridgehead atoms. The molecule has 4 rings (SSSR count). The average molecular weight is 407 g/mol. The monoisotopic (exact) mass is 406 g/mol. The molecule has 30 heavy (non-hydrogen) atoms. The third kappa shape index (κ3) is 3.76. The lowest BCUT2D eigenvalue weighted by atomic mass is 9.98. The van der Waals surface area contributed by atoms with Crippen molar-refractivity contribution in [3.8, 4) is 0 Å². The van der Waals surface area contributed by atoms with Gasteiger partial charge in [-0.25, -0.2) is 4.39 Å². The van der Waals surface area contributed by atoms with Gasteiger partial charge in [-0.3, -0.25) is 14.5 Å². The highest BCUT2D eigenvalue weighted by molar-refractivity contribution is 6.36. The summed E-state index contributed by atoms with van der Waals surface area (Å²) in [6.45, 7) is 3.23. The van der Waals surface area contributed by atoms with Gasteiger partial charge in [0.15, 0.2) is 0 Å². The van der Waals surface area contributed by atoms with Gasteiger partial charge in [-0.15, -0.1) is 0 Å². The highest BCUT2D eigenvalue weighted by atomic mass is 19.1. The summed E-state index contributed by atoms with van der Waals surface area (Å²) in [6, 6.07) is 13.9. The Morgan fingerprint density at radius 2 is 1.70 bits per heavy atom. The van der Waals surface area contributed by atoms with Crippen molar-refractivity contribution in [2.24, 2.45) is 0 Å². The van der Waals surface area contributed by atoms with Crippen LogP contribution in [0.2, 0.25) is 0 Å². The van der Waals surface area contributed by atoms with Gasteiger partial charge in [0.1, 0.15) is 11.5 Å². The van der Waals surface area contributed by atoms with Crippen molar-refractivity contribution >= 4 is 23.1 Å². The summed E-state index contributed by atoms with van der Waals surface area (Å²) >= 11 is 0. The predicted octanol–water partition coefficient (Wildman–Crippen LogP) is 4.94. The molecule has 0 aliphatic carbocycles. The van der Waals surface area contributed by atoms with Crippen LogP contribution in [0.15, 0.2) is 54.2 Å². The van der Waals surface area contributed by atoms with Gasteiger partial charge in [-0.2, -0.15) is 0 Å². The van der Waals surface area contributed by atoms with Gasteiger partial charge in [0.2, 0.25) is 0 Å². The van der Waals surface area contributed by atoms with E-state index in [9.17, 15) is 14.0 Å². The Hall–Kier alpha value is -2.95. The lowest BCUT2D eigenvalue weighted by Gasteiger charge is -2.32. The van der Waals surface area contributed by atoms with E-state index in [0.29, 0.717) is 29.9 Å². The van der Waals surface area contributed by atoms with Crippen LogP contribution in [0, 0.1) is 5.82 Å². The van der Waals surface area contributed by atoms with Crippen molar-refractivity contribution in [2.45, 2.75) is 45.4 Å². The fraction of sp³-hybridized carbons (Fsp3) is 0.360. The van der Waals surface area contributed by atoms with Gasteiger partial charge in [-0.05, 0) is 48.6 Å². The van der Waals surface area contributed by atoms with E-state index in [-0.39, 0.29) is 17.6 Å². The van der Waals surface area contributed by atoms with Crippen molar-refractivity contribution < 1.29 is 14.0 Å². The molecule has 0 N–H and O–H groups in total. The van der Waals surface area contributed by atoms with Crippen molar-refractivity contribution in [1.82, 2.24) is 4.90 Å². The third-order valence-electron chi connectivity index (χ3n) is 5.89. The minimum atomic E-state index is -0.364. The Balaban J connectivity index is 1.76. The summed E-state index contributed by atoms with van der Waals surface area (Å²) in [4.78, 5) is 30.2. The van der Waals surface area contributed by atoms with Crippen molar-refractivity contribution in [3.63, 3.8) is 0 Å². The third-order valence-corrected chi connectivity index (χ3v) is 5.89. The Kier molecular flexibility index (Phi) is 5.98. The van der Waals surface area contributed by atoms with Crippen LogP contribution in [0.3, 0.4) is 0 Å². The lowest BCUT2D eigenvalue weighted by Crippen LogP contribution is -2.37. The summed E-state index contributed by atoms with van der Waals surface area (Å²) in [5.41, 5.74) is 3.55. The molecule has 2 aliphatic rings. The number of unbranched alkanes of at least 4 members (excludes halogenated alkanes) is 3. The lowest BCUT2D eigenvalue weighted by molar-refractivity contribution is -0.137. The molecule has 0 saturated heterocycles.